The fraction of sp³-hybridized carbons (Fsp3) is 0.583. The molecule has 0 radical (unpaired) electrons. The Bertz CT molecular complexity index is 375. The fourth-order valence-electron chi connectivity index (χ4n) is 2.22. The number of hydrogen-bond acceptors (Lipinski definition) is 3. The monoisotopic (exact) mass is 238 g/mol. The van der Waals surface area contributed by atoms with Gasteiger partial charge in [0.1, 0.15) is 0 Å². The highest BCUT2D eigenvalue weighted by Crippen LogP contribution is 2.20. The number of thiophene rings is 1. The maximum atomic E-state index is 12.0. The first kappa shape index (κ1) is 11.6. The lowest BCUT2D eigenvalue weighted by atomic mass is 10.1. The van der Waals surface area contributed by atoms with Gasteiger partial charge in [-0.15, -0.1) is 11.3 Å². The Hall–Kier alpha value is -0.870. The summed E-state index contributed by atoms with van der Waals surface area (Å²) >= 11 is 1.51. The second-order valence-corrected chi connectivity index (χ2v) is 5.22. The molecule has 0 saturated heterocycles. The molecule has 88 valence electrons. The number of amides is 1. The van der Waals surface area contributed by atoms with Gasteiger partial charge in [-0.3, -0.25) is 4.79 Å². The SMILES string of the molecule is CCc1ccsc1C(=O)NC1CCCC1N. The van der Waals surface area contributed by atoms with Crippen LogP contribution in [0.1, 0.15) is 41.4 Å². The van der Waals surface area contributed by atoms with Crippen molar-refractivity contribution >= 4 is 17.2 Å². The number of hydrogen-bond donors (Lipinski definition) is 2. The molecule has 3 N–H and O–H groups in total. The predicted octanol–water partition coefficient (Wildman–Crippen LogP) is 1.92. The minimum Gasteiger partial charge on any atom is -0.347 e. The molecular formula is C12H18N2OS. The van der Waals surface area contributed by atoms with Crippen molar-refractivity contribution in [2.45, 2.75) is 44.7 Å². The van der Waals surface area contributed by atoms with Gasteiger partial charge in [0, 0.05) is 12.1 Å². The zero-order valence-electron chi connectivity index (χ0n) is 9.53. The van der Waals surface area contributed by atoms with Crippen LogP contribution in [-0.4, -0.2) is 18.0 Å². The quantitative estimate of drug-likeness (QED) is 0.845. The Morgan fingerprint density at radius 1 is 1.62 bits per heavy atom. The Kier molecular flexibility index (Phi) is 3.61. The molecule has 1 aliphatic rings. The molecular weight excluding hydrogens is 220 g/mol. The van der Waals surface area contributed by atoms with Crippen LogP contribution in [0.3, 0.4) is 0 Å². The summed E-state index contributed by atoms with van der Waals surface area (Å²) in [5.41, 5.74) is 7.07. The average molecular weight is 238 g/mol. The molecule has 1 aromatic heterocycles. The van der Waals surface area contributed by atoms with Crippen molar-refractivity contribution in [2.24, 2.45) is 5.73 Å². The smallest absolute Gasteiger partial charge is 0.261 e. The Labute approximate surface area is 100 Å². The third-order valence-corrected chi connectivity index (χ3v) is 4.18. The first-order valence-corrected chi connectivity index (χ1v) is 6.73. The molecule has 1 aliphatic carbocycles. The highest BCUT2D eigenvalue weighted by atomic mass is 32.1. The van der Waals surface area contributed by atoms with Gasteiger partial charge in [-0.05, 0) is 42.7 Å². The van der Waals surface area contributed by atoms with E-state index in [0.717, 1.165) is 36.1 Å². The Morgan fingerprint density at radius 3 is 3.06 bits per heavy atom. The summed E-state index contributed by atoms with van der Waals surface area (Å²) < 4.78 is 0. The standard InChI is InChI=1S/C12H18N2OS/c1-2-8-6-7-16-11(8)12(15)14-10-5-3-4-9(10)13/h6-7,9-10H,2-5,13H2,1H3,(H,14,15). The molecule has 4 heteroatoms. The van der Waals surface area contributed by atoms with Gasteiger partial charge in [-0.1, -0.05) is 6.92 Å². The van der Waals surface area contributed by atoms with Gasteiger partial charge >= 0.3 is 0 Å². The number of nitrogens with one attached hydrogen (secondary N) is 1. The van der Waals surface area contributed by atoms with E-state index in [4.69, 9.17) is 5.73 Å². The average Bonchev–Trinajstić information content (AvgIpc) is 2.87. The third kappa shape index (κ3) is 2.28. The van der Waals surface area contributed by atoms with Gasteiger partial charge in [0.25, 0.3) is 5.91 Å². The molecule has 1 saturated carbocycles. The van der Waals surface area contributed by atoms with E-state index < -0.39 is 0 Å². The van der Waals surface area contributed by atoms with E-state index in [-0.39, 0.29) is 18.0 Å². The molecule has 2 unspecified atom stereocenters. The summed E-state index contributed by atoms with van der Waals surface area (Å²) in [6.45, 7) is 2.07. The van der Waals surface area contributed by atoms with Crippen molar-refractivity contribution in [2.75, 3.05) is 0 Å². The topological polar surface area (TPSA) is 55.1 Å². The molecule has 0 aromatic carbocycles. The van der Waals surface area contributed by atoms with Crippen LogP contribution in [0.4, 0.5) is 0 Å². The number of nitrogens with two attached hydrogens (primary N) is 1. The van der Waals surface area contributed by atoms with Crippen molar-refractivity contribution in [3.8, 4) is 0 Å². The van der Waals surface area contributed by atoms with E-state index in [1.807, 2.05) is 11.4 Å². The Morgan fingerprint density at radius 2 is 2.44 bits per heavy atom. The highest BCUT2D eigenvalue weighted by molar-refractivity contribution is 7.12. The van der Waals surface area contributed by atoms with E-state index in [1.165, 1.54) is 11.3 Å². The van der Waals surface area contributed by atoms with Crippen LogP contribution in [0.25, 0.3) is 0 Å². The molecule has 0 aliphatic heterocycles. The van der Waals surface area contributed by atoms with Gasteiger partial charge in [0.15, 0.2) is 0 Å². The van der Waals surface area contributed by atoms with E-state index in [2.05, 4.69) is 12.2 Å². The molecule has 1 fully saturated rings. The summed E-state index contributed by atoms with van der Waals surface area (Å²) in [6, 6.07) is 2.32. The Balaban J connectivity index is 2.02. The van der Waals surface area contributed by atoms with Crippen LogP contribution in [0.15, 0.2) is 11.4 Å². The first-order chi connectivity index (χ1) is 7.72. The van der Waals surface area contributed by atoms with E-state index in [0.29, 0.717) is 0 Å². The van der Waals surface area contributed by atoms with Gasteiger partial charge in [0.05, 0.1) is 4.88 Å². The fourth-order valence-corrected chi connectivity index (χ4v) is 3.11. The van der Waals surface area contributed by atoms with Crippen molar-refractivity contribution < 1.29 is 4.79 Å². The zero-order chi connectivity index (χ0) is 11.5. The molecule has 1 amide bonds. The second-order valence-electron chi connectivity index (χ2n) is 4.30. The minimum absolute atomic E-state index is 0.0502. The number of aryl methyl sites for hydroxylation is 1. The van der Waals surface area contributed by atoms with Gasteiger partial charge in [0.2, 0.25) is 0 Å². The number of carbonyl (C=O) groups excluding carboxylic acids is 1. The molecule has 0 spiro atoms. The largest absolute Gasteiger partial charge is 0.347 e. The van der Waals surface area contributed by atoms with Crippen LogP contribution < -0.4 is 11.1 Å². The van der Waals surface area contributed by atoms with Crippen molar-refractivity contribution in [3.05, 3.63) is 21.9 Å². The third-order valence-electron chi connectivity index (χ3n) is 3.22. The zero-order valence-corrected chi connectivity index (χ0v) is 10.3. The van der Waals surface area contributed by atoms with Gasteiger partial charge in [-0.2, -0.15) is 0 Å². The van der Waals surface area contributed by atoms with Crippen LogP contribution >= 0.6 is 11.3 Å². The maximum absolute atomic E-state index is 12.0. The van der Waals surface area contributed by atoms with Crippen molar-refractivity contribution in [1.82, 2.24) is 5.32 Å². The van der Waals surface area contributed by atoms with Gasteiger partial charge < -0.3 is 11.1 Å². The molecule has 16 heavy (non-hydrogen) atoms. The predicted molar refractivity (Wildman–Crippen MR) is 66.8 cm³/mol. The molecule has 1 heterocycles. The van der Waals surface area contributed by atoms with Crippen LogP contribution in [-0.2, 0) is 6.42 Å². The normalized spacial score (nSPS) is 24.6. The first-order valence-electron chi connectivity index (χ1n) is 5.85. The lowest BCUT2D eigenvalue weighted by Crippen LogP contribution is -2.43. The van der Waals surface area contributed by atoms with Gasteiger partial charge in [-0.25, -0.2) is 0 Å². The number of rotatable bonds is 3. The van der Waals surface area contributed by atoms with E-state index in [1.54, 1.807) is 0 Å². The summed E-state index contributed by atoms with van der Waals surface area (Å²) in [5, 5.41) is 5.03. The minimum atomic E-state index is 0.0502. The van der Waals surface area contributed by atoms with Crippen molar-refractivity contribution in [1.29, 1.82) is 0 Å². The molecule has 1 aromatic rings. The highest BCUT2D eigenvalue weighted by Gasteiger charge is 2.26. The number of carbonyl (C=O) groups is 1. The maximum Gasteiger partial charge on any atom is 0.261 e. The molecule has 0 bridgehead atoms. The summed E-state index contributed by atoms with van der Waals surface area (Å²) in [6.07, 6.45) is 4.07. The van der Waals surface area contributed by atoms with E-state index in [9.17, 15) is 4.79 Å². The lowest BCUT2D eigenvalue weighted by Gasteiger charge is -2.17. The van der Waals surface area contributed by atoms with Crippen LogP contribution in [0, 0.1) is 0 Å². The summed E-state index contributed by atoms with van der Waals surface area (Å²) in [5.74, 6) is 0.0502. The van der Waals surface area contributed by atoms with E-state index >= 15 is 0 Å². The second kappa shape index (κ2) is 4.97. The summed E-state index contributed by atoms with van der Waals surface area (Å²) in [7, 11) is 0. The molecule has 2 atom stereocenters. The van der Waals surface area contributed by atoms with Crippen molar-refractivity contribution in [3.63, 3.8) is 0 Å². The summed E-state index contributed by atoms with van der Waals surface area (Å²) in [4.78, 5) is 12.9. The molecule has 2 rings (SSSR count). The van der Waals surface area contributed by atoms with Crippen LogP contribution in [0.5, 0.6) is 0 Å². The lowest BCUT2D eigenvalue weighted by molar-refractivity contribution is 0.0938. The molecule has 3 nitrogen and oxygen atoms in total. The van der Waals surface area contributed by atoms with Crippen LogP contribution in [0.2, 0.25) is 0 Å².